The Labute approximate surface area is 336 Å². The molecule has 4 heterocycles. The van der Waals surface area contributed by atoms with E-state index in [1.807, 2.05) is 0 Å². The molecule has 3 aromatic rings. The van der Waals surface area contributed by atoms with E-state index in [1.165, 1.54) is 23.1 Å². The van der Waals surface area contributed by atoms with Crippen molar-refractivity contribution in [2.45, 2.75) is 70.1 Å². The highest BCUT2D eigenvalue weighted by Crippen LogP contribution is 2.40. The molecule has 302 valence electrons. The number of carbonyl (C=O) groups excluding carboxylic acids is 5. The van der Waals surface area contributed by atoms with Gasteiger partial charge in [-0.15, -0.1) is 0 Å². The van der Waals surface area contributed by atoms with Gasteiger partial charge in [0.1, 0.15) is 17.4 Å². The minimum Gasteiger partial charge on any atom is -0.369 e. The molecule has 3 saturated heterocycles. The molecule has 1 atom stereocenters. The lowest BCUT2D eigenvalue weighted by molar-refractivity contribution is -0.138. The SMILES string of the molecule is CC1(C)C(=O)N(c2ccc(C#N)c(C(F)(F)F)c2)C(=S)N1c1ccc(CCCCCN2CCN(c3ccc4c(c3)C(=O)N(C3CCC(=O)NC3=O)C4=O)CC2)c(F)c1. The molecular formula is C41H39F4N7O5S. The van der Waals surface area contributed by atoms with Crippen molar-refractivity contribution in [2.24, 2.45) is 0 Å². The maximum Gasteiger partial charge on any atom is 0.417 e. The number of piperazine rings is 1. The van der Waals surface area contributed by atoms with E-state index in [1.54, 1.807) is 44.2 Å². The van der Waals surface area contributed by atoms with E-state index in [-0.39, 0.29) is 40.5 Å². The van der Waals surface area contributed by atoms with Crippen LogP contribution in [0.25, 0.3) is 0 Å². The summed E-state index contributed by atoms with van der Waals surface area (Å²) in [6, 6.07) is 13.1. The van der Waals surface area contributed by atoms with Crippen molar-refractivity contribution in [1.82, 2.24) is 15.1 Å². The zero-order valence-corrected chi connectivity index (χ0v) is 32.5. The van der Waals surface area contributed by atoms with Crippen LogP contribution in [0.1, 0.15) is 83.4 Å². The van der Waals surface area contributed by atoms with E-state index in [9.17, 15) is 42.4 Å². The monoisotopic (exact) mass is 817 g/mol. The normalized spacial score (nSPS) is 19.9. The van der Waals surface area contributed by atoms with Crippen LogP contribution in [0.4, 0.5) is 34.6 Å². The third-order valence-corrected chi connectivity index (χ3v) is 11.6. The van der Waals surface area contributed by atoms with Gasteiger partial charge in [0.25, 0.3) is 17.7 Å². The highest BCUT2D eigenvalue weighted by Gasteiger charge is 2.51. The first kappa shape index (κ1) is 40.5. The van der Waals surface area contributed by atoms with Gasteiger partial charge in [-0.1, -0.05) is 12.5 Å². The summed E-state index contributed by atoms with van der Waals surface area (Å²) in [7, 11) is 0. The van der Waals surface area contributed by atoms with Crippen molar-refractivity contribution in [1.29, 1.82) is 5.26 Å². The molecule has 0 saturated carbocycles. The number of aryl methyl sites for hydroxylation is 1. The fourth-order valence-corrected chi connectivity index (χ4v) is 8.57. The van der Waals surface area contributed by atoms with Gasteiger partial charge in [-0.05, 0) is 112 Å². The molecule has 7 rings (SSSR count). The number of unbranched alkanes of at least 4 members (excludes halogenated alkanes) is 2. The molecule has 58 heavy (non-hydrogen) atoms. The molecule has 1 unspecified atom stereocenters. The number of alkyl halides is 3. The second kappa shape index (κ2) is 15.6. The van der Waals surface area contributed by atoms with Crippen LogP contribution in [-0.2, 0) is 27.0 Å². The molecule has 12 nitrogen and oxygen atoms in total. The Morgan fingerprint density at radius 2 is 1.55 bits per heavy atom. The molecule has 4 aliphatic rings. The predicted octanol–water partition coefficient (Wildman–Crippen LogP) is 5.57. The molecule has 0 spiro atoms. The quantitative estimate of drug-likeness (QED) is 0.120. The fraction of sp³-hybridized carbons (Fsp3) is 0.390. The van der Waals surface area contributed by atoms with Gasteiger partial charge in [0, 0.05) is 44.0 Å². The van der Waals surface area contributed by atoms with E-state index in [0.717, 1.165) is 66.5 Å². The van der Waals surface area contributed by atoms with Crippen LogP contribution in [0.5, 0.6) is 0 Å². The third kappa shape index (κ3) is 7.42. The fourth-order valence-electron chi connectivity index (χ4n) is 8.05. The zero-order valence-electron chi connectivity index (χ0n) is 31.7. The molecule has 17 heteroatoms. The summed E-state index contributed by atoms with van der Waals surface area (Å²) < 4.78 is 56.6. The number of nitriles is 1. The number of hydrogen-bond acceptors (Lipinski definition) is 9. The van der Waals surface area contributed by atoms with E-state index < -0.39 is 64.2 Å². The first-order chi connectivity index (χ1) is 27.5. The van der Waals surface area contributed by atoms with E-state index in [0.29, 0.717) is 25.1 Å². The number of benzene rings is 3. The minimum absolute atomic E-state index is 0.0546. The minimum atomic E-state index is -4.83. The number of thiocarbonyl (C=S) groups is 1. The molecule has 3 aromatic carbocycles. The predicted molar refractivity (Wildman–Crippen MR) is 209 cm³/mol. The zero-order chi connectivity index (χ0) is 41.7. The van der Waals surface area contributed by atoms with Crippen molar-refractivity contribution in [3.05, 3.63) is 88.2 Å². The van der Waals surface area contributed by atoms with Crippen molar-refractivity contribution in [2.75, 3.05) is 47.4 Å². The second-order valence-electron chi connectivity index (χ2n) is 15.2. The van der Waals surface area contributed by atoms with Crippen LogP contribution in [0.3, 0.4) is 0 Å². The average molecular weight is 818 g/mol. The molecule has 4 aliphatic heterocycles. The number of nitrogens with zero attached hydrogens (tertiary/aromatic N) is 6. The summed E-state index contributed by atoms with van der Waals surface area (Å²) in [5, 5.41) is 11.3. The lowest BCUT2D eigenvalue weighted by Crippen LogP contribution is -2.54. The Morgan fingerprint density at radius 3 is 2.22 bits per heavy atom. The van der Waals surface area contributed by atoms with Crippen LogP contribution in [0.2, 0.25) is 0 Å². The Morgan fingerprint density at radius 1 is 0.862 bits per heavy atom. The Balaban J connectivity index is 0.892. The number of piperidine rings is 1. The Kier molecular flexibility index (Phi) is 10.9. The molecule has 5 amide bonds. The van der Waals surface area contributed by atoms with Gasteiger partial charge >= 0.3 is 6.18 Å². The van der Waals surface area contributed by atoms with E-state index in [4.69, 9.17) is 12.2 Å². The van der Waals surface area contributed by atoms with Crippen molar-refractivity contribution < 1.29 is 41.5 Å². The third-order valence-electron chi connectivity index (χ3n) is 11.2. The molecule has 0 aromatic heterocycles. The van der Waals surface area contributed by atoms with Gasteiger partial charge in [-0.2, -0.15) is 18.4 Å². The lowest BCUT2D eigenvalue weighted by Gasteiger charge is -2.36. The summed E-state index contributed by atoms with van der Waals surface area (Å²) in [5.41, 5.74) is -1.20. The highest BCUT2D eigenvalue weighted by atomic mass is 32.1. The summed E-state index contributed by atoms with van der Waals surface area (Å²) in [6.07, 6.45) is -1.73. The van der Waals surface area contributed by atoms with E-state index >= 15 is 4.39 Å². The standard InChI is InChI=1S/C41H39F4N7O5S/c1-40(2)38(57)50(27-9-8-25(23-46)31(21-27)41(43,44)45)39(58)52(40)28-10-7-24(32(42)22-28)6-4-3-5-15-48-16-18-49(19-17-48)26-11-12-29-30(20-26)37(56)51(36(29)55)33-13-14-34(53)47-35(33)54/h7-12,20-22,33H,3-6,13-19H2,1-2H3,(H,47,53,54). The molecule has 1 N–H and O–H groups in total. The topological polar surface area (TPSA) is 137 Å². The smallest absolute Gasteiger partial charge is 0.369 e. The molecule has 0 radical (unpaired) electrons. The van der Waals surface area contributed by atoms with Crippen LogP contribution >= 0.6 is 12.2 Å². The van der Waals surface area contributed by atoms with Crippen molar-refractivity contribution in [3.63, 3.8) is 0 Å². The first-order valence-electron chi connectivity index (χ1n) is 18.9. The van der Waals surface area contributed by atoms with Crippen LogP contribution in [-0.4, -0.2) is 88.8 Å². The summed E-state index contributed by atoms with van der Waals surface area (Å²) in [5.74, 6) is -3.24. The highest BCUT2D eigenvalue weighted by molar-refractivity contribution is 7.81. The Bertz CT molecular complexity index is 2280. The van der Waals surface area contributed by atoms with Gasteiger partial charge in [0.15, 0.2) is 5.11 Å². The van der Waals surface area contributed by atoms with Crippen LogP contribution in [0, 0.1) is 17.1 Å². The average Bonchev–Trinajstić information content (AvgIpc) is 3.53. The number of rotatable bonds is 10. The van der Waals surface area contributed by atoms with Gasteiger partial charge < -0.3 is 9.80 Å². The van der Waals surface area contributed by atoms with Crippen LogP contribution < -0.4 is 20.0 Å². The first-order valence-corrected chi connectivity index (χ1v) is 19.3. The number of nitrogens with one attached hydrogen (secondary N) is 1. The Hall–Kier alpha value is -5.73. The van der Waals surface area contributed by atoms with Gasteiger partial charge in [0.2, 0.25) is 11.8 Å². The van der Waals surface area contributed by atoms with Crippen molar-refractivity contribution in [3.8, 4) is 6.07 Å². The van der Waals surface area contributed by atoms with Crippen molar-refractivity contribution >= 4 is 63.9 Å². The van der Waals surface area contributed by atoms with Crippen LogP contribution in [0.15, 0.2) is 54.6 Å². The second-order valence-corrected chi connectivity index (χ2v) is 15.6. The number of anilines is 3. The number of carbonyl (C=O) groups is 5. The molecule has 3 fully saturated rings. The van der Waals surface area contributed by atoms with Gasteiger partial charge in [-0.25, -0.2) is 4.39 Å². The largest absolute Gasteiger partial charge is 0.417 e. The molecular weight excluding hydrogens is 779 g/mol. The lowest BCUT2D eigenvalue weighted by atomic mass is 10.0. The van der Waals surface area contributed by atoms with Gasteiger partial charge in [0.05, 0.1) is 34.0 Å². The number of fused-ring (bicyclic) bond motifs is 1. The summed E-state index contributed by atoms with van der Waals surface area (Å²) in [4.78, 5) is 71.7. The number of halogens is 4. The maximum atomic E-state index is 15.5. The molecule has 0 aliphatic carbocycles. The number of hydrogen-bond donors (Lipinski definition) is 1. The van der Waals surface area contributed by atoms with Gasteiger partial charge in [-0.3, -0.25) is 44.0 Å². The number of imide groups is 2. The summed E-state index contributed by atoms with van der Waals surface area (Å²) >= 11 is 5.58. The van der Waals surface area contributed by atoms with E-state index in [2.05, 4.69) is 15.1 Å². The molecule has 0 bridgehead atoms. The maximum absolute atomic E-state index is 15.5. The summed E-state index contributed by atoms with van der Waals surface area (Å²) in [6.45, 7) is 6.94. The number of amides is 5.